The largest absolute Gasteiger partial charge is 0.444 e. The Labute approximate surface area is 117 Å². The number of hydrogen-bond donors (Lipinski definition) is 2. The van der Waals surface area contributed by atoms with Crippen molar-refractivity contribution in [1.29, 1.82) is 0 Å². The second-order valence-corrected chi connectivity index (χ2v) is 5.65. The Kier molecular flexibility index (Phi) is 9.61. The Bertz CT molecular complexity index is 239. The number of aliphatic hydroxyl groups is 1. The van der Waals surface area contributed by atoms with Crippen LogP contribution in [0, 0.1) is 0 Å². The average molecular weight is 274 g/mol. The molecule has 0 bridgehead atoms. The number of amides is 1. The van der Waals surface area contributed by atoms with E-state index in [9.17, 15) is 4.79 Å². The molecule has 19 heavy (non-hydrogen) atoms. The molecule has 0 atom stereocenters. The molecule has 5 heteroatoms. The zero-order valence-electron chi connectivity index (χ0n) is 12.9. The van der Waals surface area contributed by atoms with Crippen molar-refractivity contribution in [3.05, 3.63) is 0 Å². The Hall–Kier alpha value is -0.810. The number of carbonyl (C=O) groups excluding carboxylic acids is 1. The minimum Gasteiger partial charge on any atom is -0.444 e. The summed E-state index contributed by atoms with van der Waals surface area (Å²) < 4.78 is 5.16. The first-order valence-electron chi connectivity index (χ1n) is 7.19. The van der Waals surface area contributed by atoms with Crippen molar-refractivity contribution in [1.82, 2.24) is 10.2 Å². The summed E-state index contributed by atoms with van der Waals surface area (Å²) in [5.41, 5.74) is -0.441. The van der Waals surface area contributed by atoms with Gasteiger partial charge in [-0.3, -0.25) is 0 Å². The first-order chi connectivity index (χ1) is 8.89. The molecule has 0 rings (SSSR count). The lowest BCUT2D eigenvalue weighted by atomic mass is 10.2. The van der Waals surface area contributed by atoms with Crippen molar-refractivity contribution >= 4 is 6.09 Å². The molecule has 114 valence electrons. The Morgan fingerprint density at radius 1 is 1.21 bits per heavy atom. The predicted molar refractivity (Wildman–Crippen MR) is 77.3 cm³/mol. The van der Waals surface area contributed by atoms with E-state index in [0.29, 0.717) is 6.54 Å². The predicted octanol–water partition coefficient (Wildman–Crippen LogP) is 2.00. The summed E-state index contributed by atoms with van der Waals surface area (Å²) in [5, 5.41) is 11.5. The van der Waals surface area contributed by atoms with Crippen LogP contribution in [-0.4, -0.2) is 54.5 Å². The van der Waals surface area contributed by atoms with Gasteiger partial charge in [0.2, 0.25) is 0 Å². The van der Waals surface area contributed by atoms with Gasteiger partial charge in [0, 0.05) is 13.2 Å². The maximum absolute atomic E-state index is 11.4. The van der Waals surface area contributed by atoms with Gasteiger partial charge in [0.05, 0.1) is 0 Å². The summed E-state index contributed by atoms with van der Waals surface area (Å²) in [5.74, 6) is 0. The van der Waals surface area contributed by atoms with Crippen LogP contribution in [0.3, 0.4) is 0 Å². The van der Waals surface area contributed by atoms with Crippen LogP contribution >= 0.6 is 0 Å². The first kappa shape index (κ1) is 18.2. The normalized spacial score (nSPS) is 11.7. The molecule has 0 aromatic heterocycles. The molecule has 0 spiro atoms. The van der Waals surface area contributed by atoms with E-state index in [1.807, 2.05) is 20.8 Å². The van der Waals surface area contributed by atoms with Gasteiger partial charge in [0.25, 0.3) is 0 Å². The summed E-state index contributed by atoms with van der Waals surface area (Å²) in [6, 6.07) is 0. The molecule has 0 aliphatic carbocycles. The maximum atomic E-state index is 11.4. The van der Waals surface area contributed by atoms with Gasteiger partial charge >= 0.3 is 6.09 Å². The smallest absolute Gasteiger partial charge is 0.407 e. The highest BCUT2D eigenvalue weighted by Gasteiger charge is 2.15. The molecule has 0 aliphatic heterocycles. The molecule has 0 heterocycles. The minimum atomic E-state index is -0.441. The van der Waals surface area contributed by atoms with Crippen molar-refractivity contribution < 1.29 is 14.6 Å². The van der Waals surface area contributed by atoms with Crippen molar-refractivity contribution in [2.75, 3.05) is 32.8 Å². The van der Waals surface area contributed by atoms with Crippen LogP contribution in [0.2, 0.25) is 0 Å². The monoisotopic (exact) mass is 274 g/mol. The van der Waals surface area contributed by atoms with Crippen LogP contribution in [0.1, 0.15) is 47.0 Å². The molecule has 0 aromatic carbocycles. The van der Waals surface area contributed by atoms with Gasteiger partial charge in [-0.25, -0.2) is 4.79 Å². The van der Waals surface area contributed by atoms with E-state index in [1.54, 1.807) is 0 Å². The van der Waals surface area contributed by atoms with E-state index in [1.165, 1.54) is 0 Å². The fourth-order valence-electron chi connectivity index (χ4n) is 1.68. The molecule has 5 nitrogen and oxygen atoms in total. The third-order valence-corrected chi connectivity index (χ3v) is 2.65. The SMILES string of the molecule is CCN(CCCCO)CCCNC(=O)OC(C)(C)C. The number of hydrogen-bond acceptors (Lipinski definition) is 4. The lowest BCUT2D eigenvalue weighted by molar-refractivity contribution is 0.0525. The van der Waals surface area contributed by atoms with E-state index in [-0.39, 0.29) is 12.7 Å². The van der Waals surface area contributed by atoms with E-state index >= 15 is 0 Å². The highest BCUT2D eigenvalue weighted by atomic mass is 16.6. The summed E-state index contributed by atoms with van der Waals surface area (Å²) >= 11 is 0. The summed E-state index contributed by atoms with van der Waals surface area (Å²) in [6.45, 7) is 11.5. The van der Waals surface area contributed by atoms with E-state index < -0.39 is 5.60 Å². The molecule has 0 fully saturated rings. The summed E-state index contributed by atoms with van der Waals surface area (Å²) in [4.78, 5) is 13.7. The molecule has 0 saturated carbocycles. The molecule has 0 aliphatic rings. The fraction of sp³-hybridized carbons (Fsp3) is 0.929. The van der Waals surface area contributed by atoms with E-state index in [0.717, 1.165) is 38.9 Å². The third kappa shape index (κ3) is 12.0. The number of unbranched alkanes of at least 4 members (excludes halogenated alkanes) is 1. The average Bonchev–Trinajstić information content (AvgIpc) is 2.30. The van der Waals surface area contributed by atoms with Gasteiger partial charge in [-0.2, -0.15) is 0 Å². The Morgan fingerprint density at radius 2 is 1.84 bits per heavy atom. The van der Waals surface area contributed by atoms with Crippen LogP contribution in [-0.2, 0) is 4.74 Å². The van der Waals surface area contributed by atoms with Gasteiger partial charge < -0.3 is 20.1 Å². The van der Waals surface area contributed by atoms with Crippen molar-refractivity contribution in [3.63, 3.8) is 0 Å². The number of nitrogens with zero attached hydrogens (tertiary/aromatic N) is 1. The number of nitrogens with one attached hydrogen (secondary N) is 1. The maximum Gasteiger partial charge on any atom is 0.407 e. The quantitative estimate of drug-likeness (QED) is 0.631. The van der Waals surface area contributed by atoms with Crippen LogP contribution in [0.25, 0.3) is 0 Å². The number of alkyl carbamates (subject to hydrolysis) is 1. The molecule has 1 amide bonds. The van der Waals surface area contributed by atoms with E-state index in [2.05, 4.69) is 17.1 Å². The van der Waals surface area contributed by atoms with Gasteiger partial charge in [-0.1, -0.05) is 6.92 Å². The number of aliphatic hydroxyl groups excluding tert-OH is 1. The van der Waals surface area contributed by atoms with Crippen LogP contribution in [0.15, 0.2) is 0 Å². The second-order valence-electron chi connectivity index (χ2n) is 5.65. The van der Waals surface area contributed by atoms with Crippen LogP contribution < -0.4 is 5.32 Å². The third-order valence-electron chi connectivity index (χ3n) is 2.65. The summed E-state index contributed by atoms with van der Waals surface area (Å²) in [7, 11) is 0. The molecular weight excluding hydrogens is 244 g/mol. The van der Waals surface area contributed by atoms with Gasteiger partial charge in [0.15, 0.2) is 0 Å². The number of carbonyl (C=O) groups is 1. The van der Waals surface area contributed by atoms with Crippen molar-refractivity contribution in [2.45, 2.75) is 52.6 Å². The topological polar surface area (TPSA) is 61.8 Å². The van der Waals surface area contributed by atoms with E-state index in [4.69, 9.17) is 9.84 Å². The molecule has 0 aromatic rings. The van der Waals surface area contributed by atoms with Gasteiger partial charge in [-0.05, 0) is 59.7 Å². The Morgan fingerprint density at radius 3 is 2.37 bits per heavy atom. The standard InChI is InChI=1S/C14H30N2O3/c1-5-16(10-6-7-12-17)11-8-9-15-13(18)19-14(2,3)4/h17H,5-12H2,1-4H3,(H,15,18). The molecule has 0 unspecified atom stereocenters. The lowest BCUT2D eigenvalue weighted by Gasteiger charge is -2.21. The lowest BCUT2D eigenvalue weighted by Crippen LogP contribution is -2.34. The molecular formula is C14H30N2O3. The van der Waals surface area contributed by atoms with Gasteiger partial charge in [0.1, 0.15) is 5.60 Å². The molecule has 0 radical (unpaired) electrons. The first-order valence-corrected chi connectivity index (χ1v) is 7.19. The second kappa shape index (κ2) is 10.0. The zero-order chi connectivity index (χ0) is 14.7. The van der Waals surface area contributed by atoms with Crippen LogP contribution in [0.5, 0.6) is 0 Å². The number of rotatable bonds is 9. The highest BCUT2D eigenvalue weighted by Crippen LogP contribution is 2.06. The van der Waals surface area contributed by atoms with Gasteiger partial charge in [-0.15, -0.1) is 0 Å². The van der Waals surface area contributed by atoms with Crippen LogP contribution in [0.4, 0.5) is 4.79 Å². The zero-order valence-corrected chi connectivity index (χ0v) is 12.9. The highest BCUT2D eigenvalue weighted by molar-refractivity contribution is 5.67. The summed E-state index contributed by atoms with van der Waals surface area (Å²) in [6.07, 6.45) is 2.43. The molecule has 0 saturated heterocycles. The fourth-order valence-corrected chi connectivity index (χ4v) is 1.68. The van der Waals surface area contributed by atoms with Crippen molar-refractivity contribution in [2.24, 2.45) is 0 Å². The Balaban J connectivity index is 3.62. The molecule has 2 N–H and O–H groups in total. The number of ether oxygens (including phenoxy) is 1. The minimum absolute atomic E-state index is 0.262. The van der Waals surface area contributed by atoms with Crippen molar-refractivity contribution in [3.8, 4) is 0 Å².